The Labute approximate surface area is 195 Å². The molecule has 2 aromatic carbocycles. The maximum absolute atomic E-state index is 12.8. The Hall–Kier alpha value is -3.85. The molecule has 0 aliphatic rings. The number of nitrogens with one attached hydrogen (secondary N) is 1. The Morgan fingerprint density at radius 3 is 2.21 bits per heavy atom. The van der Waals surface area contributed by atoms with Crippen LogP contribution in [0.2, 0.25) is 0 Å². The molecule has 0 fully saturated rings. The van der Waals surface area contributed by atoms with Gasteiger partial charge in [0.1, 0.15) is 16.9 Å². The number of aryl methyl sites for hydroxylation is 2. The maximum Gasteiger partial charge on any atom is 0.255 e. The molecule has 4 rings (SSSR count). The lowest BCUT2D eigenvalue weighted by Crippen LogP contribution is -2.12. The van der Waals surface area contributed by atoms with Crippen LogP contribution in [0.15, 0.2) is 42.7 Å². The van der Waals surface area contributed by atoms with E-state index in [-0.39, 0.29) is 5.91 Å². The zero-order chi connectivity index (χ0) is 23.5. The smallest absolute Gasteiger partial charge is 0.255 e. The summed E-state index contributed by atoms with van der Waals surface area (Å²) in [6.45, 7) is 4.09. The molecule has 9 heteroatoms. The highest BCUT2D eigenvalue weighted by atomic mass is 32.1. The van der Waals surface area contributed by atoms with E-state index in [2.05, 4.69) is 22.2 Å². The van der Waals surface area contributed by atoms with Gasteiger partial charge in [-0.05, 0) is 55.8 Å². The number of anilines is 1. The van der Waals surface area contributed by atoms with Crippen LogP contribution >= 0.6 is 11.3 Å². The number of aromatic nitrogens is 2. The molecular weight excluding hydrogens is 442 g/mol. The minimum atomic E-state index is -0.315. The molecule has 33 heavy (non-hydrogen) atoms. The quantitative estimate of drug-likeness (QED) is 0.392. The summed E-state index contributed by atoms with van der Waals surface area (Å²) in [5.41, 5.74) is 2.09. The van der Waals surface area contributed by atoms with Crippen molar-refractivity contribution >= 4 is 33.1 Å². The number of nitrogens with zero attached hydrogens (tertiary/aromatic N) is 2. The van der Waals surface area contributed by atoms with Crippen molar-refractivity contribution in [2.45, 2.75) is 13.8 Å². The summed E-state index contributed by atoms with van der Waals surface area (Å²) in [5, 5.41) is 3.78. The molecule has 0 aliphatic heterocycles. The number of fused-ring (bicyclic) bond motifs is 1. The third-order valence-electron chi connectivity index (χ3n) is 5.18. The Bertz CT molecular complexity index is 1290. The lowest BCUT2D eigenvalue weighted by Gasteiger charge is -2.14. The standard InChI is InChI=1S/C24H23N3O5S/c1-13-14(2)33-24-20(13)23(25-12-26-24)32-17-8-6-16(7-9-17)27-22(28)15-10-18(29-3)21(31-5)19(11-15)30-4/h6-12H,1-5H3,(H,27,28). The van der Waals surface area contributed by atoms with Gasteiger partial charge in [0.05, 0.1) is 26.7 Å². The van der Waals surface area contributed by atoms with Gasteiger partial charge in [0.25, 0.3) is 5.91 Å². The van der Waals surface area contributed by atoms with Crippen LogP contribution in [0.1, 0.15) is 20.8 Å². The molecule has 2 aromatic heterocycles. The minimum absolute atomic E-state index is 0.315. The zero-order valence-corrected chi connectivity index (χ0v) is 19.7. The third kappa shape index (κ3) is 4.40. The van der Waals surface area contributed by atoms with Crippen molar-refractivity contribution in [3.8, 4) is 28.9 Å². The summed E-state index contributed by atoms with van der Waals surface area (Å²) in [6.07, 6.45) is 1.50. The number of benzene rings is 2. The van der Waals surface area contributed by atoms with E-state index in [4.69, 9.17) is 18.9 Å². The van der Waals surface area contributed by atoms with Gasteiger partial charge < -0.3 is 24.3 Å². The summed E-state index contributed by atoms with van der Waals surface area (Å²) < 4.78 is 22.0. The van der Waals surface area contributed by atoms with Gasteiger partial charge in [-0.25, -0.2) is 9.97 Å². The summed E-state index contributed by atoms with van der Waals surface area (Å²) in [7, 11) is 4.52. The molecule has 0 atom stereocenters. The Morgan fingerprint density at radius 2 is 1.61 bits per heavy atom. The van der Waals surface area contributed by atoms with Crippen molar-refractivity contribution in [1.29, 1.82) is 0 Å². The third-order valence-corrected chi connectivity index (χ3v) is 6.30. The van der Waals surface area contributed by atoms with Crippen LogP contribution in [0.4, 0.5) is 5.69 Å². The highest BCUT2D eigenvalue weighted by Gasteiger charge is 2.17. The number of thiophene rings is 1. The molecule has 2 heterocycles. The largest absolute Gasteiger partial charge is 0.493 e. The van der Waals surface area contributed by atoms with Crippen LogP contribution in [0.5, 0.6) is 28.9 Å². The molecule has 0 saturated carbocycles. The number of rotatable bonds is 7. The average molecular weight is 466 g/mol. The average Bonchev–Trinajstić information content (AvgIpc) is 3.13. The first-order chi connectivity index (χ1) is 15.9. The normalized spacial score (nSPS) is 10.7. The first kappa shape index (κ1) is 22.3. The lowest BCUT2D eigenvalue weighted by atomic mass is 10.1. The Morgan fingerprint density at radius 1 is 0.939 bits per heavy atom. The van der Waals surface area contributed by atoms with E-state index in [9.17, 15) is 4.79 Å². The van der Waals surface area contributed by atoms with E-state index in [1.807, 2.05) is 6.92 Å². The number of hydrogen-bond donors (Lipinski definition) is 1. The number of methoxy groups -OCH3 is 3. The predicted octanol–water partition coefficient (Wildman–Crippen LogP) is 5.38. The van der Waals surface area contributed by atoms with Crippen molar-refractivity contribution in [2.24, 2.45) is 0 Å². The highest BCUT2D eigenvalue weighted by molar-refractivity contribution is 7.18. The number of hydrogen-bond acceptors (Lipinski definition) is 8. The van der Waals surface area contributed by atoms with Crippen molar-refractivity contribution in [2.75, 3.05) is 26.6 Å². The first-order valence-electron chi connectivity index (χ1n) is 10.0. The van der Waals surface area contributed by atoms with Crippen LogP contribution in [-0.2, 0) is 0 Å². The fourth-order valence-corrected chi connectivity index (χ4v) is 4.35. The lowest BCUT2D eigenvalue weighted by molar-refractivity contribution is 0.102. The maximum atomic E-state index is 12.8. The number of carbonyl (C=O) groups excluding carboxylic acids is 1. The van der Waals surface area contributed by atoms with Gasteiger partial charge >= 0.3 is 0 Å². The molecule has 0 bridgehead atoms. The van der Waals surface area contributed by atoms with E-state index in [1.165, 1.54) is 32.5 Å². The van der Waals surface area contributed by atoms with E-state index in [1.54, 1.807) is 47.7 Å². The van der Waals surface area contributed by atoms with Crippen LogP contribution < -0.4 is 24.3 Å². The van der Waals surface area contributed by atoms with Gasteiger partial charge in [-0.15, -0.1) is 11.3 Å². The van der Waals surface area contributed by atoms with Crippen molar-refractivity contribution in [3.05, 3.63) is 58.7 Å². The zero-order valence-electron chi connectivity index (χ0n) is 18.9. The minimum Gasteiger partial charge on any atom is -0.493 e. The second kappa shape index (κ2) is 9.33. The second-order valence-corrected chi connectivity index (χ2v) is 8.34. The van der Waals surface area contributed by atoms with Gasteiger partial charge in [-0.2, -0.15) is 0 Å². The molecule has 0 spiro atoms. The van der Waals surface area contributed by atoms with Crippen LogP contribution in [0.25, 0.3) is 10.2 Å². The molecule has 1 amide bonds. The molecule has 0 unspecified atom stereocenters. The number of carbonyl (C=O) groups is 1. The van der Waals surface area contributed by atoms with Crippen LogP contribution in [0, 0.1) is 13.8 Å². The van der Waals surface area contributed by atoms with E-state index >= 15 is 0 Å². The summed E-state index contributed by atoms with van der Waals surface area (Å²) >= 11 is 1.61. The Balaban J connectivity index is 1.52. The fourth-order valence-electron chi connectivity index (χ4n) is 3.36. The van der Waals surface area contributed by atoms with Gasteiger partial charge in [0.2, 0.25) is 11.6 Å². The van der Waals surface area contributed by atoms with E-state index in [0.29, 0.717) is 40.1 Å². The first-order valence-corrected chi connectivity index (χ1v) is 10.9. The van der Waals surface area contributed by atoms with Crippen LogP contribution in [-0.4, -0.2) is 37.2 Å². The Kier molecular flexibility index (Phi) is 6.32. The molecule has 0 saturated heterocycles. The van der Waals surface area contributed by atoms with Crippen molar-refractivity contribution < 1.29 is 23.7 Å². The molecular formula is C24H23N3O5S. The molecule has 0 aliphatic carbocycles. The summed E-state index contributed by atoms with van der Waals surface area (Å²) in [6, 6.07) is 10.3. The van der Waals surface area contributed by atoms with Gasteiger partial charge in [-0.3, -0.25) is 4.79 Å². The molecule has 4 aromatic rings. The summed E-state index contributed by atoms with van der Waals surface area (Å²) in [5.74, 6) is 2.03. The topological polar surface area (TPSA) is 91.8 Å². The van der Waals surface area contributed by atoms with Gasteiger partial charge in [-0.1, -0.05) is 0 Å². The number of amides is 1. The molecule has 1 N–H and O–H groups in total. The predicted molar refractivity (Wildman–Crippen MR) is 127 cm³/mol. The molecule has 170 valence electrons. The van der Waals surface area contributed by atoms with E-state index in [0.717, 1.165) is 15.8 Å². The molecule has 8 nitrogen and oxygen atoms in total. The van der Waals surface area contributed by atoms with Gasteiger partial charge in [0, 0.05) is 16.1 Å². The molecule has 0 radical (unpaired) electrons. The van der Waals surface area contributed by atoms with Gasteiger partial charge in [0.15, 0.2) is 11.5 Å². The van der Waals surface area contributed by atoms with E-state index < -0.39 is 0 Å². The van der Waals surface area contributed by atoms with Crippen LogP contribution in [0.3, 0.4) is 0 Å². The number of ether oxygens (including phenoxy) is 4. The monoisotopic (exact) mass is 465 g/mol. The highest BCUT2D eigenvalue weighted by Crippen LogP contribution is 2.39. The van der Waals surface area contributed by atoms with Crippen molar-refractivity contribution in [3.63, 3.8) is 0 Å². The van der Waals surface area contributed by atoms with Crippen molar-refractivity contribution in [1.82, 2.24) is 9.97 Å². The SMILES string of the molecule is COc1cc(C(=O)Nc2ccc(Oc3ncnc4sc(C)c(C)c34)cc2)cc(OC)c1OC. The fraction of sp³-hybridized carbons (Fsp3) is 0.208. The summed E-state index contributed by atoms with van der Waals surface area (Å²) in [4.78, 5) is 23.5. The second-order valence-electron chi connectivity index (χ2n) is 7.14.